The second-order valence-electron chi connectivity index (χ2n) is 6.04. The van der Waals surface area contributed by atoms with E-state index < -0.39 is 0 Å². The van der Waals surface area contributed by atoms with Gasteiger partial charge in [0.2, 0.25) is 0 Å². The number of aromatic hydroxyl groups is 1. The second-order valence-corrected chi connectivity index (χ2v) is 6.45. The third kappa shape index (κ3) is 3.73. The maximum atomic E-state index is 12.8. The van der Waals surface area contributed by atoms with E-state index >= 15 is 0 Å². The summed E-state index contributed by atoms with van der Waals surface area (Å²) in [5, 5.41) is 14.5. The molecule has 6 heteroatoms. The first-order valence-corrected chi connectivity index (χ1v) is 8.70. The fourth-order valence-electron chi connectivity index (χ4n) is 2.92. The van der Waals surface area contributed by atoms with E-state index in [2.05, 4.69) is 5.10 Å². The van der Waals surface area contributed by atoms with E-state index in [0.29, 0.717) is 16.8 Å². The zero-order valence-electron chi connectivity index (χ0n) is 15.2. The molecule has 0 saturated carbocycles. The molecule has 0 aliphatic heterocycles. The van der Waals surface area contributed by atoms with Crippen molar-refractivity contribution in [1.29, 1.82) is 0 Å². The van der Waals surface area contributed by atoms with Gasteiger partial charge in [-0.1, -0.05) is 35.9 Å². The summed E-state index contributed by atoms with van der Waals surface area (Å²) in [5.74, 6) is -0.0346. The van der Waals surface area contributed by atoms with Crippen molar-refractivity contribution >= 4 is 23.5 Å². The Kier molecular flexibility index (Phi) is 5.33. The van der Waals surface area contributed by atoms with Crippen LogP contribution in [0.5, 0.6) is 11.5 Å². The summed E-state index contributed by atoms with van der Waals surface area (Å²) in [4.78, 5) is 12.8. The molecule has 0 saturated heterocycles. The van der Waals surface area contributed by atoms with E-state index in [1.807, 2.05) is 44.2 Å². The number of carbonyl (C=O) groups is 1. The van der Waals surface area contributed by atoms with Crippen molar-refractivity contribution in [2.24, 2.45) is 0 Å². The third-order valence-electron chi connectivity index (χ3n) is 4.24. The van der Waals surface area contributed by atoms with Gasteiger partial charge >= 0.3 is 0 Å². The lowest BCUT2D eigenvalue weighted by Crippen LogP contribution is -2.01. The number of para-hydroxylation sites is 1. The maximum Gasteiger partial charge on any atom is 0.189 e. The van der Waals surface area contributed by atoms with Crippen LogP contribution in [-0.2, 0) is 0 Å². The standard InChI is InChI=1S/C21H19ClN2O3/c1-13-20(14(2)24(23-13)16-7-5-4-6-8-16)18(25)10-9-15-11-17(22)21(26)19(12-15)27-3/h4-12,26H,1-3H3/b10-9+. The van der Waals surface area contributed by atoms with Crippen molar-refractivity contribution in [2.45, 2.75) is 13.8 Å². The smallest absolute Gasteiger partial charge is 0.189 e. The molecule has 0 unspecified atom stereocenters. The number of methoxy groups -OCH3 is 1. The van der Waals surface area contributed by atoms with E-state index in [9.17, 15) is 9.90 Å². The number of hydrogen-bond donors (Lipinski definition) is 1. The van der Waals surface area contributed by atoms with Crippen molar-refractivity contribution in [3.05, 3.63) is 76.1 Å². The van der Waals surface area contributed by atoms with Crippen LogP contribution in [0.15, 0.2) is 48.5 Å². The number of ketones is 1. The van der Waals surface area contributed by atoms with E-state index in [0.717, 1.165) is 11.4 Å². The van der Waals surface area contributed by atoms with Gasteiger partial charge in [-0.05, 0) is 49.8 Å². The molecule has 0 atom stereocenters. The maximum absolute atomic E-state index is 12.8. The number of carbonyl (C=O) groups excluding carboxylic acids is 1. The predicted molar refractivity (Wildman–Crippen MR) is 106 cm³/mol. The SMILES string of the molecule is COc1cc(/C=C/C(=O)c2c(C)nn(-c3ccccc3)c2C)cc(Cl)c1O. The van der Waals surface area contributed by atoms with Gasteiger partial charge in [0.05, 0.1) is 34.8 Å². The molecule has 0 radical (unpaired) electrons. The minimum atomic E-state index is -0.157. The van der Waals surface area contributed by atoms with E-state index in [4.69, 9.17) is 16.3 Å². The average molecular weight is 383 g/mol. The Morgan fingerprint density at radius 1 is 1.22 bits per heavy atom. The highest BCUT2D eigenvalue weighted by molar-refractivity contribution is 6.32. The molecule has 138 valence electrons. The van der Waals surface area contributed by atoms with Crippen LogP contribution in [0.25, 0.3) is 11.8 Å². The Hall–Kier alpha value is -3.05. The number of phenols is 1. The molecule has 0 fully saturated rings. The molecule has 0 spiro atoms. The van der Waals surface area contributed by atoms with Crippen molar-refractivity contribution < 1.29 is 14.6 Å². The highest BCUT2D eigenvalue weighted by Gasteiger charge is 2.17. The second kappa shape index (κ2) is 7.68. The van der Waals surface area contributed by atoms with Crippen LogP contribution in [0.2, 0.25) is 5.02 Å². The van der Waals surface area contributed by atoms with Crippen LogP contribution in [0.1, 0.15) is 27.3 Å². The fraction of sp³-hybridized carbons (Fsp3) is 0.143. The van der Waals surface area contributed by atoms with Gasteiger partial charge in [-0.15, -0.1) is 0 Å². The number of hydrogen-bond acceptors (Lipinski definition) is 4. The lowest BCUT2D eigenvalue weighted by atomic mass is 10.1. The van der Waals surface area contributed by atoms with Crippen molar-refractivity contribution in [3.63, 3.8) is 0 Å². The summed E-state index contributed by atoms with van der Waals surface area (Å²) in [6, 6.07) is 12.8. The van der Waals surface area contributed by atoms with E-state index in [-0.39, 0.29) is 22.3 Å². The summed E-state index contributed by atoms with van der Waals surface area (Å²) in [6.45, 7) is 3.68. The number of aryl methyl sites for hydroxylation is 1. The predicted octanol–water partition coefficient (Wildman–Crippen LogP) is 4.75. The quantitative estimate of drug-likeness (QED) is 0.510. The number of phenolic OH excluding ortho intramolecular Hbond substituents is 1. The number of rotatable bonds is 5. The molecule has 2 aromatic carbocycles. The van der Waals surface area contributed by atoms with Crippen LogP contribution in [0.3, 0.4) is 0 Å². The Morgan fingerprint density at radius 2 is 1.93 bits per heavy atom. The Labute approximate surface area is 162 Å². The molecule has 0 aliphatic rings. The molecule has 0 bridgehead atoms. The van der Waals surface area contributed by atoms with Gasteiger partial charge in [-0.2, -0.15) is 5.10 Å². The molecule has 0 amide bonds. The first-order chi connectivity index (χ1) is 12.9. The molecular weight excluding hydrogens is 364 g/mol. The van der Waals surface area contributed by atoms with Crippen molar-refractivity contribution in [2.75, 3.05) is 7.11 Å². The van der Waals surface area contributed by atoms with Gasteiger partial charge < -0.3 is 9.84 Å². The summed E-state index contributed by atoms with van der Waals surface area (Å²) >= 11 is 5.99. The summed E-state index contributed by atoms with van der Waals surface area (Å²) in [6.07, 6.45) is 3.10. The normalized spacial score (nSPS) is 11.1. The fourth-order valence-corrected chi connectivity index (χ4v) is 3.14. The van der Waals surface area contributed by atoms with Crippen molar-refractivity contribution in [1.82, 2.24) is 9.78 Å². The summed E-state index contributed by atoms with van der Waals surface area (Å²) < 4.78 is 6.84. The van der Waals surface area contributed by atoms with Crippen LogP contribution in [0.4, 0.5) is 0 Å². The minimum Gasteiger partial charge on any atom is -0.503 e. The number of halogens is 1. The van der Waals surface area contributed by atoms with Gasteiger partial charge in [0.25, 0.3) is 0 Å². The Bertz CT molecular complexity index is 1020. The van der Waals surface area contributed by atoms with Gasteiger partial charge in [0.1, 0.15) is 0 Å². The molecule has 3 aromatic rings. The average Bonchev–Trinajstić information content (AvgIpc) is 2.97. The number of ether oxygens (including phenoxy) is 1. The molecule has 27 heavy (non-hydrogen) atoms. The van der Waals surface area contributed by atoms with Crippen LogP contribution in [-0.4, -0.2) is 27.8 Å². The molecule has 0 aliphatic carbocycles. The largest absolute Gasteiger partial charge is 0.503 e. The van der Waals surface area contributed by atoms with Crippen LogP contribution >= 0.6 is 11.6 Å². The first kappa shape index (κ1) is 18.7. The van der Waals surface area contributed by atoms with Crippen LogP contribution < -0.4 is 4.74 Å². The minimum absolute atomic E-state index is 0.126. The highest BCUT2D eigenvalue weighted by atomic mass is 35.5. The van der Waals surface area contributed by atoms with Gasteiger partial charge in [-0.3, -0.25) is 4.79 Å². The molecule has 1 N–H and O–H groups in total. The number of aromatic nitrogens is 2. The lowest BCUT2D eigenvalue weighted by Gasteiger charge is -2.06. The molecule has 1 aromatic heterocycles. The topological polar surface area (TPSA) is 64.3 Å². The number of benzene rings is 2. The zero-order valence-corrected chi connectivity index (χ0v) is 16.0. The van der Waals surface area contributed by atoms with Gasteiger partial charge in [0.15, 0.2) is 17.3 Å². The molecular formula is C21H19ClN2O3. The number of nitrogens with zero attached hydrogens (tertiary/aromatic N) is 2. The highest BCUT2D eigenvalue weighted by Crippen LogP contribution is 2.35. The number of allylic oxidation sites excluding steroid dienone is 1. The lowest BCUT2D eigenvalue weighted by molar-refractivity contribution is 0.104. The monoisotopic (exact) mass is 382 g/mol. The Balaban J connectivity index is 1.92. The summed E-state index contributed by atoms with van der Waals surface area (Å²) in [5.41, 5.74) is 3.54. The van der Waals surface area contributed by atoms with Crippen molar-refractivity contribution in [3.8, 4) is 17.2 Å². The van der Waals surface area contributed by atoms with Gasteiger partial charge in [0, 0.05) is 0 Å². The van der Waals surface area contributed by atoms with E-state index in [1.54, 1.807) is 22.9 Å². The molecule has 5 nitrogen and oxygen atoms in total. The molecule has 3 rings (SSSR count). The first-order valence-electron chi connectivity index (χ1n) is 8.33. The third-order valence-corrected chi connectivity index (χ3v) is 4.52. The Morgan fingerprint density at radius 3 is 2.59 bits per heavy atom. The van der Waals surface area contributed by atoms with Gasteiger partial charge in [-0.25, -0.2) is 4.68 Å². The van der Waals surface area contributed by atoms with E-state index in [1.165, 1.54) is 13.2 Å². The van der Waals surface area contributed by atoms with Crippen LogP contribution in [0, 0.1) is 13.8 Å². The zero-order chi connectivity index (χ0) is 19.6. The molecule has 1 heterocycles. The summed E-state index contributed by atoms with van der Waals surface area (Å²) in [7, 11) is 1.44.